The predicted octanol–water partition coefficient (Wildman–Crippen LogP) is -2.79. The van der Waals surface area contributed by atoms with Gasteiger partial charge >= 0.3 is 11.9 Å². The Morgan fingerprint density at radius 3 is 1.74 bits per heavy atom. The summed E-state index contributed by atoms with van der Waals surface area (Å²) in [5, 5.41) is 30.6. The minimum Gasteiger partial charge on any atom is -0.480 e. The number of carboxylic acid groups (broad SMARTS) is 2. The first-order valence-electron chi connectivity index (χ1n) is 13.3. The minimum absolute atomic E-state index is 0.0980. The Morgan fingerprint density at radius 2 is 1.17 bits per heavy atom. The lowest BCUT2D eigenvalue weighted by molar-refractivity contribution is -0.143. The van der Waals surface area contributed by atoms with Crippen molar-refractivity contribution < 1.29 is 57.9 Å². The van der Waals surface area contributed by atoms with Crippen LogP contribution in [0, 0.1) is 0 Å². The van der Waals surface area contributed by atoms with E-state index in [0.29, 0.717) is 19.4 Å². The van der Waals surface area contributed by atoms with E-state index in [1.165, 1.54) is 0 Å². The first kappa shape index (κ1) is 39.1. The van der Waals surface area contributed by atoms with Crippen molar-refractivity contribution >= 4 is 51.5 Å². The molecule has 42 heavy (non-hydrogen) atoms. The second-order valence-electron chi connectivity index (χ2n) is 8.46. The highest BCUT2D eigenvalue weighted by Crippen LogP contribution is 2.01. The quantitative estimate of drug-likeness (QED) is 0.0329. The molecule has 0 saturated carbocycles. The van der Waals surface area contributed by atoms with Crippen LogP contribution in [0.3, 0.4) is 0 Å². The maximum Gasteiger partial charge on any atom is 0.326 e. The molecule has 7 N–H and O–H groups in total. The Kier molecular flexibility index (Phi) is 25.1. The van der Waals surface area contributed by atoms with Gasteiger partial charge in [0.25, 0.3) is 0 Å². The number of halogens is 1. The van der Waals surface area contributed by atoms with Crippen LogP contribution in [0.25, 0.3) is 0 Å². The topological polar surface area (TPSA) is 240 Å². The van der Waals surface area contributed by atoms with E-state index in [1.54, 1.807) is 0 Å². The van der Waals surface area contributed by atoms with E-state index in [-0.39, 0.29) is 109 Å². The Morgan fingerprint density at radius 1 is 0.619 bits per heavy atom. The van der Waals surface area contributed by atoms with Crippen LogP contribution in [-0.4, -0.2) is 143 Å². The average Bonchev–Trinajstić information content (AvgIpc) is 2.94. The van der Waals surface area contributed by atoms with Gasteiger partial charge in [-0.1, -0.05) is 15.9 Å². The van der Waals surface area contributed by atoms with Gasteiger partial charge in [0.2, 0.25) is 23.6 Å². The monoisotopic (exact) mass is 671 g/mol. The summed E-state index contributed by atoms with van der Waals surface area (Å²) in [7, 11) is 0. The summed E-state index contributed by atoms with van der Waals surface area (Å²) >= 11 is 3.03. The second kappa shape index (κ2) is 27.0. The Bertz CT molecular complexity index is 821. The number of amides is 4. The number of alkyl halides is 1. The zero-order valence-electron chi connectivity index (χ0n) is 23.5. The number of rotatable bonds is 28. The van der Waals surface area contributed by atoms with Crippen molar-refractivity contribution in [2.24, 2.45) is 0 Å². The van der Waals surface area contributed by atoms with Gasteiger partial charge in [0.05, 0.1) is 58.1 Å². The van der Waals surface area contributed by atoms with E-state index in [4.69, 9.17) is 24.1 Å². The summed E-state index contributed by atoms with van der Waals surface area (Å²) in [4.78, 5) is 67.8. The summed E-state index contributed by atoms with van der Waals surface area (Å²) in [6.45, 7) is 1.10. The molecular formula is C24H42BrN5O12. The van der Waals surface area contributed by atoms with Gasteiger partial charge in [-0.05, 0) is 19.3 Å². The molecule has 0 aliphatic rings. The zero-order chi connectivity index (χ0) is 31.4. The highest BCUT2D eigenvalue weighted by molar-refractivity contribution is 9.09. The number of nitrogens with one attached hydrogen (secondary N) is 5. The molecule has 0 aliphatic carbocycles. The van der Waals surface area contributed by atoms with Gasteiger partial charge in [-0.3, -0.25) is 29.3 Å². The summed E-state index contributed by atoms with van der Waals surface area (Å²) in [5.41, 5.74) is 0. The van der Waals surface area contributed by atoms with Crippen LogP contribution < -0.4 is 26.6 Å². The maximum atomic E-state index is 11.9. The molecule has 0 bridgehead atoms. The van der Waals surface area contributed by atoms with Crippen LogP contribution in [0.2, 0.25) is 0 Å². The van der Waals surface area contributed by atoms with E-state index < -0.39 is 23.9 Å². The fourth-order valence-corrected chi connectivity index (χ4v) is 3.13. The van der Waals surface area contributed by atoms with Crippen LogP contribution in [0.5, 0.6) is 0 Å². The molecule has 4 amide bonds. The van der Waals surface area contributed by atoms with Gasteiger partial charge < -0.3 is 50.4 Å². The Hall–Kier alpha value is -2.90. The molecular weight excluding hydrogens is 630 g/mol. The standard InChI is InChI=1S/C24H42BrN5O12/c25-13-19(31)27-4-2-1-3-18(24(37)38)30-22(34)17-42-12-10-40-8-6-29-21(33)16-41-11-9-39-7-5-28-20(32)14-26-15-23(35)36/h18,26H,1-17H2,(H,27,31)(H,28,32)(H,29,33)(H,30,34)(H,35,36)(H,37,38). The predicted molar refractivity (Wildman–Crippen MR) is 150 cm³/mol. The van der Waals surface area contributed by atoms with Gasteiger partial charge in [-0.15, -0.1) is 0 Å². The maximum absolute atomic E-state index is 11.9. The lowest BCUT2D eigenvalue weighted by atomic mass is 10.1. The molecule has 0 fully saturated rings. The molecule has 0 aromatic carbocycles. The van der Waals surface area contributed by atoms with E-state index in [9.17, 15) is 33.9 Å². The molecule has 17 nitrogen and oxygen atoms in total. The summed E-state index contributed by atoms with van der Waals surface area (Å²) in [5.74, 6) is -3.62. The van der Waals surface area contributed by atoms with E-state index >= 15 is 0 Å². The molecule has 1 atom stereocenters. The summed E-state index contributed by atoms with van der Waals surface area (Å²) in [6, 6.07) is -1.05. The van der Waals surface area contributed by atoms with Crippen LogP contribution in [0.4, 0.5) is 0 Å². The number of hydrogen-bond acceptors (Lipinski definition) is 11. The second-order valence-corrected chi connectivity index (χ2v) is 9.03. The minimum atomic E-state index is -1.15. The van der Waals surface area contributed by atoms with Gasteiger partial charge in [-0.2, -0.15) is 0 Å². The van der Waals surface area contributed by atoms with Crippen molar-refractivity contribution in [3.63, 3.8) is 0 Å². The van der Waals surface area contributed by atoms with Crippen molar-refractivity contribution in [1.29, 1.82) is 0 Å². The lowest BCUT2D eigenvalue weighted by Gasteiger charge is -2.14. The lowest BCUT2D eigenvalue weighted by Crippen LogP contribution is -2.42. The van der Waals surface area contributed by atoms with Gasteiger partial charge in [0.1, 0.15) is 19.3 Å². The third kappa shape index (κ3) is 26.0. The average molecular weight is 673 g/mol. The van der Waals surface area contributed by atoms with E-state index in [2.05, 4.69) is 42.5 Å². The number of carbonyl (C=O) groups excluding carboxylic acids is 4. The third-order valence-corrected chi connectivity index (χ3v) is 5.41. The normalized spacial score (nSPS) is 11.4. The van der Waals surface area contributed by atoms with Crippen LogP contribution in [0.1, 0.15) is 19.3 Å². The first-order valence-corrected chi connectivity index (χ1v) is 14.4. The molecule has 242 valence electrons. The Balaban J connectivity index is 3.61. The highest BCUT2D eigenvalue weighted by Gasteiger charge is 2.19. The fourth-order valence-electron chi connectivity index (χ4n) is 2.93. The largest absolute Gasteiger partial charge is 0.480 e. The molecule has 0 spiro atoms. The number of ether oxygens (including phenoxy) is 4. The molecule has 1 unspecified atom stereocenters. The number of carboxylic acids is 2. The van der Waals surface area contributed by atoms with Crippen molar-refractivity contribution in [1.82, 2.24) is 26.6 Å². The summed E-state index contributed by atoms with van der Waals surface area (Å²) < 4.78 is 20.9. The molecule has 18 heteroatoms. The number of unbranched alkanes of at least 4 members (excludes halogenated alkanes) is 1. The van der Waals surface area contributed by atoms with Crippen molar-refractivity contribution in [3.05, 3.63) is 0 Å². The molecule has 0 radical (unpaired) electrons. The smallest absolute Gasteiger partial charge is 0.326 e. The first-order chi connectivity index (χ1) is 20.1. The van der Waals surface area contributed by atoms with Crippen molar-refractivity contribution in [2.75, 3.05) is 90.9 Å². The van der Waals surface area contributed by atoms with Crippen LogP contribution >= 0.6 is 15.9 Å². The number of hydrogen-bond donors (Lipinski definition) is 7. The van der Waals surface area contributed by atoms with E-state index in [0.717, 1.165) is 0 Å². The highest BCUT2D eigenvalue weighted by atomic mass is 79.9. The van der Waals surface area contributed by atoms with Crippen molar-refractivity contribution in [3.8, 4) is 0 Å². The zero-order valence-corrected chi connectivity index (χ0v) is 25.0. The molecule has 0 aliphatic heterocycles. The molecule has 0 heterocycles. The van der Waals surface area contributed by atoms with Crippen molar-refractivity contribution in [2.45, 2.75) is 25.3 Å². The van der Waals surface area contributed by atoms with Gasteiger partial charge in [0.15, 0.2) is 0 Å². The molecule has 0 aromatic heterocycles. The third-order valence-electron chi connectivity index (χ3n) is 4.91. The molecule has 0 rings (SSSR count). The number of aliphatic carboxylic acids is 2. The SMILES string of the molecule is O=C(O)CNCC(=O)NCCOCCOCC(=O)NCCOCCOCC(=O)NC(CCCCNC(=O)CBr)C(=O)O. The van der Waals surface area contributed by atoms with Gasteiger partial charge in [0, 0.05) is 19.6 Å². The molecule has 0 aromatic rings. The summed E-state index contributed by atoms with van der Waals surface area (Å²) in [6.07, 6.45) is 1.31. The Labute approximate surface area is 252 Å². The van der Waals surface area contributed by atoms with E-state index in [1.807, 2.05) is 0 Å². The molecule has 0 saturated heterocycles. The van der Waals surface area contributed by atoms with Crippen LogP contribution in [-0.2, 0) is 47.7 Å². The van der Waals surface area contributed by atoms with Crippen LogP contribution in [0.15, 0.2) is 0 Å². The van der Waals surface area contributed by atoms with Gasteiger partial charge in [-0.25, -0.2) is 4.79 Å². The fraction of sp³-hybridized carbons (Fsp3) is 0.750. The number of carbonyl (C=O) groups is 6.